The highest BCUT2D eigenvalue weighted by atomic mass is 79.9. The number of nitriles is 1. The van der Waals surface area contributed by atoms with Crippen molar-refractivity contribution in [3.63, 3.8) is 0 Å². The zero-order chi connectivity index (χ0) is 13.6. The Morgan fingerprint density at radius 3 is 2.72 bits per heavy atom. The van der Waals surface area contributed by atoms with Crippen LogP contribution in [0.3, 0.4) is 0 Å². The molecule has 0 aliphatic rings. The summed E-state index contributed by atoms with van der Waals surface area (Å²) in [6.07, 6.45) is 1.87. The lowest BCUT2D eigenvalue weighted by atomic mass is 10.2. The smallest absolute Gasteiger partial charge is 0.241 e. The Labute approximate surface area is 115 Å². The number of benzene rings is 1. The molecule has 0 bridgehead atoms. The minimum Gasteiger partial charge on any atom is -0.492 e. The Morgan fingerprint density at radius 1 is 1.39 bits per heavy atom. The number of hydrogen-bond acceptors (Lipinski definition) is 4. The quantitative estimate of drug-likeness (QED) is 0.808. The van der Waals surface area contributed by atoms with Crippen LogP contribution in [0.2, 0.25) is 0 Å². The number of primary sulfonamides is 1. The van der Waals surface area contributed by atoms with E-state index in [2.05, 4.69) is 15.9 Å². The van der Waals surface area contributed by atoms with Crippen molar-refractivity contribution in [2.45, 2.75) is 24.2 Å². The van der Waals surface area contributed by atoms with E-state index < -0.39 is 10.0 Å². The van der Waals surface area contributed by atoms with Gasteiger partial charge in [-0.2, -0.15) is 5.26 Å². The largest absolute Gasteiger partial charge is 0.492 e. The minimum atomic E-state index is -3.81. The van der Waals surface area contributed by atoms with Gasteiger partial charge in [-0.25, -0.2) is 13.6 Å². The van der Waals surface area contributed by atoms with E-state index >= 15 is 0 Å². The van der Waals surface area contributed by atoms with Gasteiger partial charge in [0.15, 0.2) is 0 Å². The van der Waals surface area contributed by atoms with Gasteiger partial charge < -0.3 is 4.74 Å². The average Bonchev–Trinajstić information content (AvgIpc) is 2.29. The first kappa shape index (κ1) is 15.0. The average molecular weight is 333 g/mol. The number of nitrogens with zero attached hydrogens (tertiary/aromatic N) is 1. The fourth-order valence-electron chi connectivity index (χ4n) is 1.31. The SMILES string of the molecule is N#CCCCCOc1ccc(Br)cc1S(N)(=O)=O. The molecule has 0 aliphatic carbocycles. The summed E-state index contributed by atoms with van der Waals surface area (Å²) in [4.78, 5) is -0.0443. The Balaban J connectivity index is 2.74. The van der Waals surface area contributed by atoms with Crippen LogP contribution in [0.5, 0.6) is 5.75 Å². The summed E-state index contributed by atoms with van der Waals surface area (Å²) in [5.74, 6) is 0.234. The molecule has 0 spiro atoms. The molecular weight excluding hydrogens is 320 g/mol. The van der Waals surface area contributed by atoms with Crippen molar-refractivity contribution in [1.29, 1.82) is 5.26 Å². The molecule has 5 nitrogen and oxygen atoms in total. The molecule has 2 N–H and O–H groups in total. The molecule has 0 unspecified atom stereocenters. The molecule has 0 aromatic heterocycles. The van der Waals surface area contributed by atoms with Crippen molar-refractivity contribution < 1.29 is 13.2 Å². The summed E-state index contributed by atoms with van der Waals surface area (Å²) in [5.41, 5.74) is 0. The van der Waals surface area contributed by atoms with Crippen molar-refractivity contribution in [3.05, 3.63) is 22.7 Å². The number of sulfonamides is 1. The van der Waals surface area contributed by atoms with Gasteiger partial charge in [0.25, 0.3) is 0 Å². The van der Waals surface area contributed by atoms with Gasteiger partial charge in [-0.3, -0.25) is 0 Å². The van der Waals surface area contributed by atoms with Gasteiger partial charge in [0.05, 0.1) is 12.7 Å². The van der Waals surface area contributed by atoms with Gasteiger partial charge in [0, 0.05) is 10.9 Å². The van der Waals surface area contributed by atoms with E-state index in [1.807, 2.05) is 6.07 Å². The summed E-state index contributed by atoms with van der Waals surface area (Å²) in [6.45, 7) is 0.353. The van der Waals surface area contributed by atoms with Crippen molar-refractivity contribution in [2.75, 3.05) is 6.61 Å². The summed E-state index contributed by atoms with van der Waals surface area (Å²) in [5, 5.41) is 13.5. The molecule has 1 aromatic carbocycles. The van der Waals surface area contributed by atoms with E-state index in [-0.39, 0.29) is 10.6 Å². The molecule has 98 valence electrons. The van der Waals surface area contributed by atoms with Crippen molar-refractivity contribution in [1.82, 2.24) is 0 Å². The highest BCUT2D eigenvalue weighted by Gasteiger charge is 2.15. The highest BCUT2D eigenvalue weighted by Crippen LogP contribution is 2.26. The molecule has 0 fully saturated rings. The molecule has 0 saturated carbocycles. The van der Waals surface area contributed by atoms with Crippen molar-refractivity contribution in [3.8, 4) is 11.8 Å². The normalized spacial score (nSPS) is 10.9. The zero-order valence-corrected chi connectivity index (χ0v) is 12.0. The number of hydrogen-bond donors (Lipinski definition) is 1. The van der Waals surface area contributed by atoms with E-state index in [0.29, 0.717) is 23.9 Å². The van der Waals surface area contributed by atoms with Gasteiger partial charge in [-0.05, 0) is 31.0 Å². The maximum absolute atomic E-state index is 11.4. The Morgan fingerprint density at radius 2 is 2.11 bits per heavy atom. The molecule has 18 heavy (non-hydrogen) atoms. The van der Waals surface area contributed by atoms with E-state index in [0.717, 1.165) is 6.42 Å². The number of ether oxygens (including phenoxy) is 1. The number of rotatable bonds is 6. The highest BCUT2D eigenvalue weighted by molar-refractivity contribution is 9.10. The maximum atomic E-state index is 11.4. The monoisotopic (exact) mass is 332 g/mol. The van der Waals surface area contributed by atoms with Crippen LogP contribution >= 0.6 is 15.9 Å². The predicted octanol–water partition coefficient (Wildman–Crippen LogP) is 2.17. The number of unbranched alkanes of at least 4 members (excludes halogenated alkanes) is 2. The van der Waals surface area contributed by atoms with E-state index in [1.54, 1.807) is 12.1 Å². The van der Waals surface area contributed by atoms with E-state index in [4.69, 9.17) is 15.1 Å². The minimum absolute atomic E-state index is 0.0443. The van der Waals surface area contributed by atoms with E-state index in [9.17, 15) is 8.42 Å². The fraction of sp³-hybridized carbons (Fsp3) is 0.364. The molecule has 0 atom stereocenters. The third-order valence-electron chi connectivity index (χ3n) is 2.15. The molecule has 0 radical (unpaired) electrons. The summed E-state index contributed by atoms with van der Waals surface area (Å²) >= 11 is 3.18. The van der Waals surface area contributed by atoms with E-state index in [1.165, 1.54) is 6.07 Å². The molecule has 0 amide bonds. The van der Waals surface area contributed by atoms with Crippen LogP contribution in [0.4, 0.5) is 0 Å². The first-order chi connectivity index (χ1) is 8.45. The first-order valence-electron chi connectivity index (χ1n) is 5.27. The Bertz CT molecular complexity index is 552. The van der Waals surface area contributed by atoms with Gasteiger partial charge in [-0.15, -0.1) is 0 Å². The molecule has 0 aliphatic heterocycles. The summed E-state index contributed by atoms with van der Waals surface area (Å²) < 4.78 is 28.7. The number of nitrogens with two attached hydrogens (primary N) is 1. The Hall–Kier alpha value is -1.10. The predicted molar refractivity (Wildman–Crippen MR) is 70.5 cm³/mol. The molecule has 0 heterocycles. The molecule has 1 aromatic rings. The second-order valence-corrected chi connectivity index (χ2v) is 6.05. The lowest BCUT2D eigenvalue weighted by Crippen LogP contribution is -2.14. The standard InChI is InChI=1S/C11H13BrN2O3S/c12-9-4-5-10(11(8-9)18(14,15)16)17-7-3-1-2-6-13/h4-5,8H,1-3,7H2,(H2,14,15,16). The van der Waals surface area contributed by atoms with Crippen LogP contribution < -0.4 is 9.88 Å². The molecule has 1 rings (SSSR count). The molecular formula is C11H13BrN2O3S. The maximum Gasteiger partial charge on any atom is 0.241 e. The third-order valence-corrected chi connectivity index (χ3v) is 3.58. The van der Waals surface area contributed by atoms with Crippen LogP contribution in [0.15, 0.2) is 27.6 Å². The first-order valence-corrected chi connectivity index (χ1v) is 7.61. The second kappa shape index (κ2) is 6.73. The lowest BCUT2D eigenvalue weighted by Gasteiger charge is -2.10. The molecule has 0 saturated heterocycles. The van der Waals surface area contributed by atoms with Crippen LogP contribution in [0.25, 0.3) is 0 Å². The van der Waals surface area contributed by atoms with Gasteiger partial charge >= 0.3 is 0 Å². The second-order valence-electron chi connectivity index (χ2n) is 3.60. The van der Waals surface area contributed by atoms with Gasteiger partial charge in [0.1, 0.15) is 10.6 Å². The van der Waals surface area contributed by atoms with Crippen LogP contribution in [-0.2, 0) is 10.0 Å². The number of halogens is 1. The lowest BCUT2D eigenvalue weighted by molar-refractivity contribution is 0.300. The summed E-state index contributed by atoms with van der Waals surface area (Å²) in [6, 6.07) is 6.66. The topological polar surface area (TPSA) is 93.2 Å². The van der Waals surface area contributed by atoms with Crippen LogP contribution in [0.1, 0.15) is 19.3 Å². The van der Waals surface area contributed by atoms with Gasteiger partial charge in [0.2, 0.25) is 10.0 Å². The zero-order valence-electron chi connectivity index (χ0n) is 9.60. The van der Waals surface area contributed by atoms with Gasteiger partial charge in [-0.1, -0.05) is 15.9 Å². The van der Waals surface area contributed by atoms with Crippen LogP contribution in [-0.4, -0.2) is 15.0 Å². The van der Waals surface area contributed by atoms with Crippen molar-refractivity contribution in [2.24, 2.45) is 5.14 Å². The third kappa shape index (κ3) is 4.64. The van der Waals surface area contributed by atoms with Crippen molar-refractivity contribution >= 4 is 26.0 Å². The summed E-state index contributed by atoms with van der Waals surface area (Å²) in [7, 11) is -3.81. The van der Waals surface area contributed by atoms with Crippen LogP contribution in [0, 0.1) is 11.3 Å². The Kier molecular flexibility index (Phi) is 5.59. The fourth-order valence-corrected chi connectivity index (χ4v) is 2.52. The molecule has 7 heteroatoms.